The predicted molar refractivity (Wildman–Crippen MR) is 133 cm³/mol. The van der Waals surface area contributed by atoms with Crippen LogP contribution in [0, 0.1) is 6.92 Å². The Labute approximate surface area is 216 Å². The fraction of sp³-hybridized carbons (Fsp3) is 0.304. The van der Waals surface area contributed by atoms with Crippen LogP contribution in [0.5, 0.6) is 11.5 Å². The van der Waals surface area contributed by atoms with Gasteiger partial charge in [-0.1, -0.05) is 22.8 Å². The van der Waals surface area contributed by atoms with Crippen LogP contribution >= 0.6 is 22.9 Å². The number of aryl methyl sites for hydroxylation is 1. The molecule has 13 heteroatoms. The van der Waals surface area contributed by atoms with Crippen molar-refractivity contribution in [2.45, 2.75) is 31.6 Å². The maximum Gasteiger partial charge on any atom is 0.272 e. The highest BCUT2D eigenvalue weighted by molar-refractivity contribution is 7.93. The van der Waals surface area contributed by atoms with Gasteiger partial charge in [0.25, 0.3) is 22.3 Å². The number of aromatic nitrogens is 2. The van der Waals surface area contributed by atoms with E-state index >= 15 is 0 Å². The molecular formula is C23H22ClN3O7S2. The van der Waals surface area contributed by atoms with Gasteiger partial charge in [0, 0.05) is 36.6 Å². The molecule has 0 spiro atoms. The van der Waals surface area contributed by atoms with Crippen LogP contribution in [-0.2, 0) is 25.9 Å². The summed E-state index contributed by atoms with van der Waals surface area (Å²) in [6.07, 6.45) is 0.566. The molecular weight excluding hydrogens is 530 g/mol. The van der Waals surface area contributed by atoms with Crippen molar-refractivity contribution in [3.8, 4) is 11.5 Å². The lowest BCUT2D eigenvalue weighted by atomic mass is 10.1. The monoisotopic (exact) mass is 551 g/mol. The molecule has 0 saturated heterocycles. The largest absolute Gasteiger partial charge is 0.454 e. The highest BCUT2D eigenvalue weighted by Crippen LogP contribution is 2.42. The Kier molecular flexibility index (Phi) is 6.79. The Balaban J connectivity index is 1.68. The fourth-order valence-corrected chi connectivity index (χ4v) is 7.37. The Morgan fingerprint density at radius 1 is 1.25 bits per heavy atom. The second-order valence-corrected chi connectivity index (χ2v) is 11.0. The molecule has 4 aromatic rings. The van der Waals surface area contributed by atoms with E-state index in [2.05, 4.69) is 10.1 Å². The summed E-state index contributed by atoms with van der Waals surface area (Å²) in [7, 11) is -3.03. The van der Waals surface area contributed by atoms with Gasteiger partial charge < -0.3 is 23.5 Å². The Bertz CT molecular complexity index is 1520. The minimum absolute atomic E-state index is 0.0373. The van der Waals surface area contributed by atoms with Gasteiger partial charge in [-0.15, -0.1) is 11.3 Å². The zero-order valence-electron chi connectivity index (χ0n) is 19.6. The lowest BCUT2D eigenvalue weighted by Crippen LogP contribution is -2.43. The predicted octanol–water partition coefficient (Wildman–Crippen LogP) is 4.73. The van der Waals surface area contributed by atoms with Gasteiger partial charge in [0.15, 0.2) is 11.5 Å². The lowest BCUT2D eigenvalue weighted by Gasteiger charge is -2.28. The van der Waals surface area contributed by atoms with E-state index in [1.165, 1.54) is 18.4 Å². The topological polar surface area (TPSA) is 113 Å². The van der Waals surface area contributed by atoms with Crippen LogP contribution in [0.3, 0.4) is 0 Å². The second kappa shape index (κ2) is 9.87. The smallest absolute Gasteiger partial charge is 0.272 e. The standard InChI is InChI=1S/C23H22ClN3O7S2/c1-4-31-23(30-3)27(22-19(24)13(2)26-34-22)36(28,29)20-15-6-5-9-25-21(15)35-18(20)11-14-7-8-16-17(10-14)33-12-32-16/h5-10,23H,4,11-12H2,1-3H3. The lowest BCUT2D eigenvalue weighted by molar-refractivity contribution is -0.112. The zero-order valence-corrected chi connectivity index (χ0v) is 21.9. The van der Waals surface area contributed by atoms with E-state index in [9.17, 15) is 8.42 Å². The summed E-state index contributed by atoms with van der Waals surface area (Å²) in [4.78, 5) is 5.58. The van der Waals surface area contributed by atoms with E-state index in [1.54, 1.807) is 38.2 Å². The summed E-state index contributed by atoms with van der Waals surface area (Å²) in [5, 5.41) is 4.33. The van der Waals surface area contributed by atoms with Crippen molar-refractivity contribution in [1.29, 1.82) is 0 Å². The van der Waals surface area contributed by atoms with E-state index < -0.39 is 16.4 Å². The quantitative estimate of drug-likeness (QED) is 0.272. The van der Waals surface area contributed by atoms with Crippen molar-refractivity contribution in [2.24, 2.45) is 0 Å². The molecule has 0 bridgehead atoms. The van der Waals surface area contributed by atoms with Crippen LogP contribution in [-0.4, -0.2) is 45.5 Å². The fourth-order valence-electron chi connectivity index (χ4n) is 3.87. The first-order valence-corrected chi connectivity index (χ1v) is 13.5. The second-order valence-electron chi connectivity index (χ2n) is 7.76. The van der Waals surface area contributed by atoms with Gasteiger partial charge in [-0.3, -0.25) is 0 Å². The number of rotatable bonds is 9. The van der Waals surface area contributed by atoms with Crippen molar-refractivity contribution in [2.75, 3.05) is 24.8 Å². The van der Waals surface area contributed by atoms with E-state index in [0.29, 0.717) is 38.7 Å². The molecule has 0 N–H and O–H groups in total. The number of ether oxygens (including phenoxy) is 4. The normalized spacial score (nSPS) is 13.9. The van der Waals surface area contributed by atoms with E-state index in [4.69, 9.17) is 35.1 Å². The summed E-state index contributed by atoms with van der Waals surface area (Å²) >= 11 is 7.69. The zero-order chi connectivity index (χ0) is 25.4. The molecule has 0 aliphatic carbocycles. The molecule has 5 rings (SSSR count). The number of pyridine rings is 1. The van der Waals surface area contributed by atoms with Crippen LogP contribution in [0.2, 0.25) is 5.02 Å². The maximum absolute atomic E-state index is 14.4. The van der Waals surface area contributed by atoms with E-state index in [1.807, 2.05) is 12.1 Å². The number of anilines is 1. The molecule has 0 radical (unpaired) electrons. The highest BCUT2D eigenvalue weighted by Gasteiger charge is 2.40. The number of sulfonamides is 1. The van der Waals surface area contributed by atoms with Gasteiger partial charge in [0.05, 0.1) is 0 Å². The molecule has 0 fully saturated rings. The van der Waals surface area contributed by atoms with Crippen molar-refractivity contribution in [1.82, 2.24) is 10.1 Å². The first kappa shape index (κ1) is 24.8. The average molecular weight is 552 g/mol. The summed E-state index contributed by atoms with van der Waals surface area (Å²) in [5.41, 5.74) is 1.17. The third-order valence-electron chi connectivity index (χ3n) is 5.48. The van der Waals surface area contributed by atoms with Crippen LogP contribution in [0.4, 0.5) is 5.88 Å². The number of thiophene rings is 1. The molecule has 1 aliphatic rings. The molecule has 1 aliphatic heterocycles. The summed E-state index contributed by atoms with van der Waals surface area (Å²) in [5.74, 6) is 1.05. The van der Waals surface area contributed by atoms with Crippen molar-refractivity contribution >= 4 is 49.1 Å². The Hall–Kier alpha value is -2.90. The van der Waals surface area contributed by atoms with Crippen LogP contribution in [0.15, 0.2) is 45.9 Å². The minimum atomic E-state index is -4.36. The summed E-state index contributed by atoms with van der Waals surface area (Å²) in [6.45, 7) is 3.65. The number of benzene rings is 1. The molecule has 0 saturated carbocycles. The number of methoxy groups -OCH3 is 1. The molecule has 1 unspecified atom stereocenters. The highest BCUT2D eigenvalue weighted by atomic mass is 35.5. The van der Waals surface area contributed by atoms with Gasteiger partial charge in [0.2, 0.25) is 6.79 Å². The van der Waals surface area contributed by atoms with Crippen LogP contribution < -0.4 is 13.8 Å². The van der Waals surface area contributed by atoms with Gasteiger partial charge in [-0.05, 0) is 43.7 Å². The molecule has 36 heavy (non-hydrogen) atoms. The maximum atomic E-state index is 14.4. The van der Waals surface area contributed by atoms with Gasteiger partial charge in [0.1, 0.15) is 20.4 Å². The molecule has 3 aromatic heterocycles. The molecule has 0 amide bonds. The Morgan fingerprint density at radius 2 is 2.06 bits per heavy atom. The summed E-state index contributed by atoms with van der Waals surface area (Å²) in [6, 6.07) is 8.90. The number of halogens is 1. The first-order valence-electron chi connectivity index (χ1n) is 10.9. The van der Waals surface area contributed by atoms with Crippen molar-refractivity contribution < 1.29 is 31.9 Å². The number of hydrogen-bond acceptors (Lipinski definition) is 10. The molecule has 1 aromatic carbocycles. The van der Waals surface area contributed by atoms with Crippen molar-refractivity contribution in [3.05, 3.63) is 57.7 Å². The molecule has 10 nitrogen and oxygen atoms in total. The third kappa shape index (κ3) is 4.28. The van der Waals surface area contributed by atoms with E-state index in [0.717, 1.165) is 9.87 Å². The van der Waals surface area contributed by atoms with Gasteiger partial charge in [-0.2, -0.15) is 4.31 Å². The van der Waals surface area contributed by atoms with Gasteiger partial charge in [-0.25, -0.2) is 13.4 Å². The number of nitrogens with zero attached hydrogens (tertiary/aromatic N) is 3. The van der Waals surface area contributed by atoms with Crippen molar-refractivity contribution in [3.63, 3.8) is 0 Å². The summed E-state index contributed by atoms with van der Waals surface area (Å²) < 4.78 is 56.9. The molecule has 4 heterocycles. The van der Waals surface area contributed by atoms with Crippen LogP contribution in [0.25, 0.3) is 10.2 Å². The number of hydrogen-bond donors (Lipinski definition) is 0. The Morgan fingerprint density at radius 3 is 2.78 bits per heavy atom. The van der Waals surface area contributed by atoms with Crippen LogP contribution in [0.1, 0.15) is 23.1 Å². The third-order valence-corrected chi connectivity index (χ3v) is 9.00. The van der Waals surface area contributed by atoms with E-state index in [-0.39, 0.29) is 29.2 Å². The van der Waals surface area contributed by atoms with Gasteiger partial charge >= 0.3 is 0 Å². The average Bonchev–Trinajstić information content (AvgIpc) is 3.56. The first-order chi connectivity index (χ1) is 17.3. The molecule has 190 valence electrons. The molecule has 1 atom stereocenters. The SMILES string of the molecule is CCOC(OC)N(c1onc(C)c1Cl)S(=O)(=O)c1c(Cc2ccc3c(c2)OCO3)sc2ncccc12. The minimum Gasteiger partial charge on any atom is -0.454 e. The number of fused-ring (bicyclic) bond motifs is 2.